The van der Waals surface area contributed by atoms with E-state index in [1.54, 1.807) is 12.4 Å². The summed E-state index contributed by atoms with van der Waals surface area (Å²) in [5.74, 6) is 2.17. The van der Waals surface area contributed by atoms with E-state index in [-0.39, 0.29) is 11.7 Å². The Labute approximate surface area is 200 Å². The minimum atomic E-state index is -0.546. The van der Waals surface area contributed by atoms with Crippen molar-refractivity contribution >= 4 is 23.3 Å². The summed E-state index contributed by atoms with van der Waals surface area (Å²) in [4.78, 5) is 23.5. The number of carbonyl (C=O) groups excluding carboxylic acids is 1. The predicted octanol–water partition coefficient (Wildman–Crippen LogP) is 4.09. The maximum atomic E-state index is 12.6. The number of hydrogen-bond acceptors (Lipinski definition) is 7. The number of carbonyl (C=O) groups is 1. The molecule has 8 heteroatoms. The molecule has 0 amide bonds. The van der Waals surface area contributed by atoms with Crippen LogP contribution in [0.5, 0.6) is 5.75 Å². The summed E-state index contributed by atoms with van der Waals surface area (Å²) >= 11 is 5.87. The van der Waals surface area contributed by atoms with Crippen LogP contribution in [0.2, 0.25) is 5.02 Å². The maximum Gasteiger partial charge on any atom is 0.225 e. The van der Waals surface area contributed by atoms with Crippen molar-refractivity contribution in [3.8, 4) is 5.75 Å². The van der Waals surface area contributed by atoms with Gasteiger partial charge in [-0.15, -0.1) is 0 Å². The lowest BCUT2D eigenvalue weighted by Crippen LogP contribution is -2.34. The fourth-order valence-corrected chi connectivity index (χ4v) is 4.72. The molecule has 0 aliphatic carbocycles. The SMILES string of the molecule is Cc1cc(OCCCC2CCN(c3ncc(Cl)cn3)CC2)ccc1C(=O)C[C@@H]1COC[C@H]1O. The number of anilines is 1. The van der Waals surface area contributed by atoms with Crippen LogP contribution in [0.15, 0.2) is 30.6 Å². The number of rotatable bonds is 9. The summed E-state index contributed by atoms with van der Waals surface area (Å²) in [6.45, 7) is 5.29. The van der Waals surface area contributed by atoms with Crippen molar-refractivity contribution in [1.82, 2.24) is 9.97 Å². The van der Waals surface area contributed by atoms with Gasteiger partial charge < -0.3 is 19.5 Å². The Kier molecular flexibility index (Phi) is 8.17. The van der Waals surface area contributed by atoms with Crippen LogP contribution in [0.1, 0.15) is 48.0 Å². The van der Waals surface area contributed by atoms with Crippen LogP contribution in [0.25, 0.3) is 0 Å². The van der Waals surface area contributed by atoms with Gasteiger partial charge >= 0.3 is 0 Å². The molecule has 4 rings (SSSR count). The van der Waals surface area contributed by atoms with Crippen molar-refractivity contribution in [2.75, 3.05) is 37.8 Å². The highest BCUT2D eigenvalue weighted by atomic mass is 35.5. The fourth-order valence-electron chi connectivity index (χ4n) is 4.62. The van der Waals surface area contributed by atoms with E-state index in [0.29, 0.717) is 42.7 Å². The van der Waals surface area contributed by atoms with Crippen LogP contribution in [0, 0.1) is 18.8 Å². The highest BCUT2D eigenvalue weighted by Gasteiger charge is 2.29. The van der Waals surface area contributed by atoms with Crippen molar-refractivity contribution in [2.45, 2.75) is 45.1 Å². The van der Waals surface area contributed by atoms with Gasteiger partial charge in [0.05, 0.1) is 43.3 Å². The van der Waals surface area contributed by atoms with E-state index in [1.807, 2.05) is 25.1 Å². The number of aryl methyl sites for hydroxylation is 1. The molecule has 2 aliphatic rings. The fraction of sp³-hybridized carbons (Fsp3) is 0.560. The van der Waals surface area contributed by atoms with Gasteiger partial charge in [-0.25, -0.2) is 9.97 Å². The molecule has 0 bridgehead atoms. The number of ether oxygens (including phenoxy) is 2. The van der Waals surface area contributed by atoms with Crippen molar-refractivity contribution in [3.63, 3.8) is 0 Å². The van der Waals surface area contributed by atoms with Crippen LogP contribution >= 0.6 is 11.6 Å². The Morgan fingerprint density at radius 3 is 2.67 bits per heavy atom. The zero-order valence-corrected chi connectivity index (χ0v) is 19.8. The first kappa shape index (κ1) is 23.9. The van der Waals surface area contributed by atoms with Crippen LogP contribution in [-0.4, -0.2) is 59.9 Å². The predicted molar refractivity (Wildman–Crippen MR) is 127 cm³/mol. The molecule has 1 aromatic heterocycles. The van der Waals surface area contributed by atoms with Crippen LogP contribution in [0.3, 0.4) is 0 Å². The lowest BCUT2D eigenvalue weighted by atomic mass is 9.92. The van der Waals surface area contributed by atoms with E-state index in [9.17, 15) is 9.90 Å². The smallest absolute Gasteiger partial charge is 0.225 e. The topological polar surface area (TPSA) is 84.8 Å². The molecule has 1 aromatic carbocycles. The Bertz CT molecular complexity index is 932. The van der Waals surface area contributed by atoms with Gasteiger partial charge in [-0.2, -0.15) is 0 Å². The molecule has 0 unspecified atom stereocenters. The quantitative estimate of drug-likeness (QED) is 0.433. The lowest BCUT2D eigenvalue weighted by molar-refractivity contribution is 0.0890. The summed E-state index contributed by atoms with van der Waals surface area (Å²) in [6.07, 6.45) is 7.45. The van der Waals surface area contributed by atoms with Crippen molar-refractivity contribution in [3.05, 3.63) is 46.7 Å². The Hall–Kier alpha value is -2.22. The second-order valence-corrected chi connectivity index (χ2v) is 9.53. The number of halogens is 1. The number of ketones is 1. The minimum absolute atomic E-state index is 0.0453. The molecule has 7 nitrogen and oxygen atoms in total. The average Bonchev–Trinajstić information content (AvgIpc) is 3.22. The van der Waals surface area contributed by atoms with Crippen LogP contribution in [-0.2, 0) is 4.74 Å². The Morgan fingerprint density at radius 1 is 1.24 bits per heavy atom. The first-order valence-corrected chi connectivity index (χ1v) is 12.1. The third-order valence-electron chi connectivity index (χ3n) is 6.64. The summed E-state index contributed by atoms with van der Waals surface area (Å²) in [7, 11) is 0. The normalized spacial score (nSPS) is 21.4. The summed E-state index contributed by atoms with van der Waals surface area (Å²) in [5.41, 5.74) is 1.60. The van der Waals surface area contributed by atoms with Gasteiger partial charge in [0.2, 0.25) is 5.95 Å². The number of aromatic nitrogens is 2. The third kappa shape index (κ3) is 6.43. The monoisotopic (exact) mass is 473 g/mol. The minimum Gasteiger partial charge on any atom is -0.494 e. The van der Waals surface area contributed by atoms with Crippen molar-refractivity contribution in [1.29, 1.82) is 0 Å². The van der Waals surface area contributed by atoms with E-state index in [2.05, 4.69) is 14.9 Å². The van der Waals surface area contributed by atoms with E-state index >= 15 is 0 Å². The molecule has 0 spiro atoms. The number of piperidine rings is 1. The molecular formula is C25H32ClN3O4. The van der Waals surface area contributed by atoms with Crippen LogP contribution in [0.4, 0.5) is 5.95 Å². The second-order valence-electron chi connectivity index (χ2n) is 9.09. The largest absolute Gasteiger partial charge is 0.494 e. The lowest BCUT2D eigenvalue weighted by Gasteiger charge is -2.31. The number of nitrogens with zero attached hydrogens (tertiary/aromatic N) is 3. The van der Waals surface area contributed by atoms with E-state index in [4.69, 9.17) is 21.1 Å². The number of aliphatic hydroxyl groups excluding tert-OH is 1. The number of hydrogen-bond donors (Lipinski definition) is 1. The molecule has 2 aromatic rings. The van der Waals surface area contributed by atoms with Crippen molar-refractivity contribution < 1.29 is 19.4 Å². The molecule has 178 valence electrons. The number of Topliss-reactive ketones (excluding diaryl/α,β-unsaturated/α-hetero) is 1. The molecule has 33 heavy (non-hydrogen) atoms. The Morgan fingerprint density at radius 2 is 2.00 bits per heavy atom. The molecule has 3 heterocycles. The number of aliphatic hydroxyl groups is 1. The van der Waals surface area contributed by atoms with Gasteiger partial charge in [0.25, 0.3) is 0 Å². The van der Waals surface area contributed by atoms with Gasteiger partial charge in [-0.05, 0) is 62.3 Å². The van der Waals surface area contributed by atoms with Gasteiger partial charge in [-0.3, -0.25) is 4.79 Å². The van der Waals surface area contributed by atoms with E-state index < -0.39 is 6.10 Å². The van der Waals surface area contributed by atoms with Gasteiger partial charge in [0, 0.05) is 31.0 Å². The highest BCUT2D eigenvalue weighted by Crippen LogP contribution is 2.26. The zero-order chi connectivity index (χ0) is 23.2. The molecule has 2 saturated heterocycles. The molecule has 2 aliphatic heterocycles. The molecule has 1 N–H and O–H groups in total. The first-order valence-electron chi connectivity index (χ1n) is 11.7. The zero-order valence-electron chi connectivity index (χ0n) is 19.1. The molecular weight excluding hydrogens is 442 g/mol. The van der Waals surface area contributed by atoms with Gasteiger partial charge in [-0.1, -0.05) is 11.6 Å². The van der Waals surface area contributed by atoms with E-state index in [1.165, 1.54) is 0 Å². The second kappa shape index (κ2) is 11.3. The molecule has 2 atom stereocenters. The first-order chi connectivity index (χ1) is 16.0. The van der Waals surface area contributed by atoms with E-state index in [0.717, 1.165) is 56.0 Å². The third-order valence-corrected chi connectivity index (χ3v) is 6.84. The highest BCUT2D eigenvalue weighted by molar-refractivity contribution is 6.30. The summed E-state index contributed by atoms with van der Waals surface area (Å²) in [5, 5.41) is 10.4. The standard InChI is InChI=1S/C25H32ClN3O4/c1-17-11-21(4-5-22(17)23(30)12-19-15-32-16-24(19)31)33-10-2-3-18-6-8-29(9-7-18)25-27-13-20(26)14-28-25/h4-5,11,13-14,18-19,24,31H,2-3,6-10,12,15-16H2,1H3/t19-,24-/m1/s1. The van der Waals surface area contributed by atoms with Gasteiger partial charge in [0.15, 0.2) is 5.78 Å². The molecule has 0 saturated carbocycles. The van der Waals surface area contributed by atoms with Crippen LogP contribution < -0.4 is 9.64 Å². The summed E-state index contributed by atoms with van der Waals surface area (Å²) in [6, 6.07) is 5.63. The average molecular weight is 474 g/mol. The Balaban J connectivity index is 1.17. The molecule has 2 fully saturated rings. The maximum absolute atomic E-state index is 12.6. The number of benzene rings is 1. The van der Waals surface area contributed by atoms with Crippen molar-refractivity contribution in [2.24, 2.45) is 11.8 Å². The van der Waals surface area contributed by atoms with Gasteiger partial charge in [0.1, 0.15) is 5.75 Å². The summed E-state index contributed by atoms with van der Waals surface area (Å²) < 4.78 is 11.2. The molecule has 0 radical (unpaired) electrons.